The first-order valence-corrected chi connectivity index (χ1v) is 9.63. The van der Waals surface area contributed by atoms with E-state index in [1.54, 1.807) is 12.3 Å². The molecular weight excluding hydrogens is 342 g/mol. The molecule has 1 aromatic rings. The highest BCUT2D eigenvalue weighted by atomic mass is 16.2. The van der Waals surface area contributed by atoms with Crippen molar-refractivity contribution in [1.82, 2.24) is 15.3 Å². The van der Waals surface area contributed by atoms with E-state index in [-0.39, 0.29) is 18.5 Å². The van der Waals surface area contributed by atoms with Crippen LogP contribution in [-0.2, 0) is 9.59 Å². The summed E-state index contributed by atoms with van der Waals surface area (Å²) in [7, 11) is 0. The smallest absolute Gasteiger partial charge is 0.242 e. The van der Waals surface area contributed by atoms with Crippen LogP contribution in [0.15, 0.2) is 35.6 Å². The second-order valence-corrected chi connectivity index (χ2v) is 7.09. The van der Waals surface area contributed by atoms with E-state index < -0.39 is 0 Å². The van der Waals surface area contributed by atoms with Gasteiger partial charge in [-0.3, -0.25) is 9.59 Å². The van der Waals surface area contributed by atoms with Crippen molar-refractivity contribution in [3.63, 3.8) is 0 Å². The average molecular weight is 369 g/mol. The average Bonchev–Trinajstić information content (AvgIpc) is 2.61. The third kappa shape index (κ3) is 5.39. The third-order valence-electron chi connectivity index (χ3n) is 4.97. The Morgan fingerprint density at radius 1 is 1.26 bits per heavy atom. The van der Waals surface area contributed by atoms with Gasteiger partial charge in [0, 0.05) is 23.8 Å². The van der Waals surface area contributed by atoms with Crippen LogP contribution in [0.5, 0.6) is 0 Å². The Labute approximate surface area is 159 Å². The van der Waals surface area contributed by atoms with Crippen molar-refractivity contribution in [3.05, 3.63) is 36.0 Å². The van der Waals surface area contributed by atoms with Gasteiger partial charge in [0.25, 0.3) is 0 Å². The van der Waals surface area contributed by atoms with Crippen molar-refractivity contribution in [2.75, 3.05) is 11.9 Å². The molecule has 27 heavy (non-hydrogen) atoms. The summed E-state index contributed by atoms with van der Waals surface area (Å²) < 4.78 is 0. The van der Waals surface area contributed by atoms with Crippen LogP contribution in [0.25, 0.3) is 0 Å². The molecule has 2 fully saturated rings. The lowest BCUT2D eigenvalue weighted by atomic mass is 9.93. The molecule has 0 bridgehead atoms. The van der Waals surface area contributed by atoms with Gasteiger partial charge in [-0.2, -0.15) is 5.10 Å². The van der Waals surface area contributed by atoms with Gasteiger partial charge < -0.3 is 10.6 Å². The fourth-order valence-corrected chi connectivity index (χ4v) is 2.95. The quantitative estimate of drug-likeness (QED) is 0.398. The van der Waals surface area contributed by atoms with Crippen molar-refractivity contribution >= 4 is 23.8 Å². The lowest BCUT2D eigenvalue weighted by molar-refractivity contribution is -0.128. The van der Waals surface area contributed by atoms with Gasteiger partial charge in [0.05, 0.1) is 5.71 Å². The van der Waals surface area contributed by atoms with E-state index in [0.29, 0.717) is 18.2 Å². The SMILES string of the molecule is C/C=C\C(=N/N(C=O)CC(=O)NC1CCC1)c1ccc(NC2CCC2)nc1. The van der Waals surface area contributed by atoms with E-state index in [2.05, 4.69) is 20.7 Å². The number of pyridine rings is 1. The molecule has 1 heterocycles. The highest BCUT2D eigenvalue weighted by Gasteiger charge is 2.20. The van der Waals surface area contributed by atoms with Gasteiger partial charge in [-0.25, -0.2) is 9.99 Å². The number of amides is 2. The summed E-state index contributed by atoms with van der Waals surface area (Å²) in [6, 6.07) is 4.60. The first-order chi connectivity index (χ1) is 13.2. The Hall–Kier alpha value is -2.70. The number of nitrogens with zero attached hydrogens (tertiary/aromatic N) is 3. The van der Waals surface area contributed by atoms with Gasteiger partial charge in [0.1, 0.15) is 12.4 Å². The number of hydrogen-bond donors (Lipinski definition) is 2. The third-order valence-corrected chi connectivity index (χ3v) is 4.97. The van der Waals surface area contributed by atoms with Gasteiger partial charge >= 0.3 is 0 Å². The van der Waals surface area contributed by atoms with Gasteiger partial charge in [-0.05, 0) is 63.7 Å². The molecule has 2 aliphatic carbocycles. The number of hydrazone groups is 1. The number of carbonyl (C=O) groups is 2. The zero-order valence-corrected chi connectivity index (χ0v) is 15.7. The molecule has 144 valence electrons. The fraction of sp³-hybridized carbons (Fsp3) is 0.500. The standard InChI is InChI=1S/C20H27N5O2/c1-2-5-18(15-10-11-19(21-12-15)22-16-6-3-7-16)24-25(14-26)13-20(27)23-17-8-4-9-17/h2,5,10-12,14,16-17H,3-4,6-9,13H2,1H3,(H,21,22)(H,23,27)/b5-2-,24-18+. The van der Waals surface area contributed by atoms with E-state index >= 15 is 0 Å². The van der Waals surface area contributed by atoms with Crippen LogP contribution in [0.2, 0.25) is 0 Å². The number of allylic oxidation sites excluding steroid dienone is 2. The normalized spacial score (nSPS) is 17.9. The van der Waals surface area contributed by atoms with Crippen LogP contribution >= 0.6 is 0 Å². The summed E-state index contributed by atoms with van der Waals surface area (Å²) in [6.07, 6.45) is 12.7. The maximum atomic E-state index is 12.1. The predicted octanol–water partition coefficient (Wildman–Crippen LogP) is 2.45. The maximum Gasteiger partial charge on any atom is 0.242 e. The lowest BCUT2D eigenvalue weighted by Crippen LogP contribution is -2.43. The highest BCUT2D eigenvalue weighted by molar-refractivity contribution is 6.08. The minimum Gasteiger partial charge on any atom is -0.367 e. The largest absolute Gasteiger partial charge is 0.367 e. The molecule has 2 saturated carbocycles. The molecule has 2 N–H and O–H groups in total. The van der Waals surface area contributed by atoms with Crippen LogP contribution in [0.4, 0.5) is 5.82 Å². The number of anilines is 1. The lowest BCUT2D eigenvalue weighted by Gasteiger charge is -2.27. The molecule has 7 nitrogen and oxygen atoms in total. The molecule has 2 amide bonds. The van der Waals surface area contributed by atoms with Crippen LogP contribution < -0.4 is 10.6 Å². The number of hydrogen-bond acceptors (Lipinski definition) is 5. The number of rotatable bonds is 9. The molecule has 0 saturated heterocycles. The first-order valence-electron chi connectivity index (χ1n) is 9.63. The van der Waals surface area contributed by atoms with E-state index in [1.807, 2.05) is 25.1 Å². The van der Waals surface area contributed by atoms with Gasteiger partial charge in [-0.15, -0.1) is 0 Å². The fourth-order valence-electron chi connectivity index (χ4n) is 2.95. The number of nitrogens with one attached hydrogen (secondary N) is 2. The van der Waals surface area contributed by atoms with Crippen molar-refractivity contribution in [2.24, 2.45) is 5.10 Å². The molecule has 0 radical (unpaired) electrons. The number of carbonyl (C=O) groups excluding carboxylic acids is 2. The monoisotopic (exact) mass is 369 g/mol. The van der Waals surface area contributed by atoms with Gasteiger partial charge in [0.15, 0.2) is 0 Å². The van der Waals surface area contributed by atoms with Crippen molar-refractivity contribution in [1.29, 1.82) is 0 Å². The van der Waals surface area contributed by atoms with E-state index in [9.17, 15) is 9.59 Å². The maximum absolute atomic E-state index is 12.1. The summed E-state index contributed by atoms with van der Waals surface area (Å²) in [5, 5.41) is 11.8. The highest BCUT2D eigenvalue weighted by Crippen LogP contribution is 2.22. The molecule has 2 aliphatic rings. The minimum atomic E-state index is -0.187. The Balaban J connectivity index is 1.65. The Morgan fingerprint density at radius 2 is 2.00 bits per heavy atom. The molecule has 3 rings (SSSR count). The molecule has 1 aromatic heterocycles. The second kappa shape index (κ2) is 9.30. The van der Waals surface area contributed by atoms with Crippen LogP contribution in [0.3, 0.4) is 0 Å². The first kappa shape index (κ1) is 19.1. The van der Waals surface area contributed by atoms with Gasteiger partial charge in [0.2, 0.25) is 12.3 Å². The van der Waals surface area contributed by atoms with Crippen molar-refractivity contribution in [2.45, 2.75) is 57.5 Å². The summed E-state index contributed by atoms with van der Waals surface area (Å²) >= 11 is 0. The molecular formula is C20H27N5O2. The van der Waals surface area contributed by atoms with E-state index in [0.717, 1.165) is 35.7 Å². The summed E-state index contributed by atoms with van der Waals surface area (Å²) in [5.41, 5.74) is 1.38. The van der Waals surface area contributed by atoms with E-state index in [1.165, 1.54) is 19.3 Å². The van der Waals surface area contributed by atoms with Crippen molar-refractivity contribution in [3.8, 4) is 0 Å². The predicted molar refractivity (Wildman–Crippen MR) is 105 cm³/mol. The second-order valence-electron chi connectivity index (χ2n) is 7.09. The molecule has 0 aliphatic heterocycles. The Bertz CT molecular complexity index is 706. The van der Waals surface area contributed by atoms with Crippen LogP contribution in [0.1, 0.15) is 51.0 Å². The van der Waals surface area contributed by atoms with Crippen molar-refractivity contribution < 1.29 is 9.59 Å². The molecule has 0 aromatic carbocycles. The van der Waals surface area contributed by atoms with Crippen LogP contribution in [-0.4, -0.2) is 46.7 Å². The Morgan fingerprint density at radius 3 is 2.52 bits per heavy atom. The molecule has 0 atom stereocenters. The van der Waals surface area contributed by atoms with Crippen LogP contribution in [0, 0.1) is 0 Å². The molecule has 7 heteroatoms. The molecule has 0 spiro atoms. The summed E-state index contributed by atoms with van der Waals surface area (Å²) in [4.78, 5) is 27.9. The van der Waals surface area contributed by atoms with Gasteiger partial charge in [-0.1, -0.05) is 6.08 Å². The minimum absolute atomic E-state index is 0.0875. The zero-order chi connectivity index (χ0) is 19.1. The number of aromatic nitrogens is 1. The summed E-state index contributed by atoms with van der Waals surface area (Å²) in [5.74, 6) is 0.656. The van der Waals surface area contributed by atoms with E-state index in [4.69, 9.17) is 0 Å². The Kier molecular flexibility index (Phi) is 6.57. The zero-order valence-electron chi connectivity index (χ0n) is 15.7. The topological polar surface area (TPSA) is 86.7 Å². The summed E-state index contributed by atoms with van der Waals surface area (Å²) in [6.45, 7) is 1.79. The molecule has 0 unspecified atom stereocenters.